The van der Waals surface area contributed by atoms with Gasteiger partial charge in [-0.1, -0.05) is 276 Å². The van der Waals surface area contributed by atoms with E-state index in [9.17, 15) is 22.7 Å². The van der Waals surface area contributed by atoms with Gasteiger partial charge in [0.1, 0.15) is 6.10 Å². The molecule has 0 spiro atoms. The second kappa shape index (κ2) is 49.9. The van der Waals surface area contributed by atoms with Crippen LogP contribution in [0.25, 0.3) is 0 Å². The summed E-state index contributed by atoms with van der Waals surface area (Å²) in [6.45, 7) is 30.1. The van der Waals surface area contributed by atoms with Gasteiger partial charge in [-0.2, -0.15) is 0 Å². The summed E-state index contributed by atoms with van der Waals surface area (Å²) in [5.74, 6) is -3.29. The van der Waals surface area contributed by atoms with Crippen molar-refractivity contribution >= 4 is 32.6 Å². The molecule has 0 heterocycles. The average Bonchev–Trinajstić information content (AvgIpc) is 3.43. The molecule has 2 aromatic carbocycles. The highest BCUT2D eigenvalue weighted by molar-refractivity contribution is 9.08. The summed E-state index contributed by atoms with van der Waals surface area (Å²) in [7, 11) is -3.71. The van der Waals surface area contributed by atoms with Gasteiger partial charge in [0.05, 0.1) is 39.1 Å². The molecule has 1 N–H and O–H groups in total. The lowest BCUT2D eigenvalue weighted by Crippen LogP contribution is -2.43. The summed E-state index contributed by atoms with van der Waals surface area (Å²) in [6.07, 6.45) is 43.0. The van der Waals surface area contributed by atoms with Crippen LogP contribution in [0.1, 0.15) is 272 Å². The molecule has 81 heavy (non-hydrogen) atoms. The van der Waals surface area contributed by atoms with Crippen LogP contribution in [0.2, 0.25) is 36.3 Å². The summed E-state index contributed by atoms with van der Waals surface area (Å²) in [5, 5.41) is 10.9. The van der Waals surface area contributed by atoms with E-state index in [1.54, 1.807) is 6.07 Å². The Morgan fingerprint density at radius 1 is 0.420 bits per heavy atom. The number of aliphatic hydroxyl groups is 1. The zero-order valence-electron chi connectivity index (χ0n) is 54.3. The van der Waals surface area contributed by atoms with E-state index in [1.807, 2.05) is 0 Å². The number of unbranched alkanes of at least 4 members (excludes halogenated alkanes) is 30. The molecular formula is C68H125BrF4O6Si2. The molecule has 0 aliphatic carbocycles. The Labute approximate surface area is 507 Å². The molecule has 0 radical (unpaired) electrons. The van der Waals surface area contributed by atoms with Gasteiger partial charge in [-0.15, -0.1) is 0 Å². The molecule has 0 aromatic heterocycles. The Kier molecular flexibility index (Phi) is 49.2. The molecule has 2 aromatic rings. The Balaban J connectivity index is 0.00000137. The first-order valence-electron chi connectivity index (χ1n) is 32.7. The molecule has 0 saturated heterocycles. The first-order chi connectivity index (χ1) is 38.5. The van der Waals surface area contributed by atoms with E-state index in [2.05, 4.69) is 97.5 Å². The van der Waals surface area contributed by atoms with Crippen LogP contribution in [0.5, 0.6) is 0 Å². The molecule has 6 nitrogen and oxygen atoms in total. The van der Waals surface area contributed by atoms with Gasteiger partial charge in [0.2, 0.25) is 0 Å². The smallest absolute Gasteiger partial charge is 0.192 e. The van der Waals surface area contributed by atoms with Crippen molar-refractivity contribution in [2.75, 3.05) is 39.6 Å². The highest BCUT2D eigenvalue weighted by atomic mass is 79.9. The van der Waals surface area contributed by atoms with Crippen LogP contribution >= 0.6 is 15.9 Å². The third kappa shape index (κ3) is 44.9. The molecule has 0 aliphatic heterocycles. The Hall–Kier alpha value is -1.17. The number of hydrogen-bond donors (Lipinski definition) is 1. The number of alkyl halides is 1. The first-order valence-corrected chi connectivity index (χ1v) is 39.6. The average molecular weight is 1250 g/mol. The lowest BCUT2D eigenvalue weighted by molar-refractivity contribution is -0.0477. The number of benzene rings is 2. The molecule has 476 valence electrons. The van der Waals surface area contributed by atoms with Gasteiger partial charge >= 0.3 is 0 Å². The second-order valence-electron chi connectivity index (χ2n) is 26.1. The molecule has 0 amide bonds. The predicted octanol–water partition coefficient (Wildman–Crippen LogP) is 22.7. The van der Waals surface area contributed by atoms with E-state index in [0.717, 1.165) is 37.1 Å². The van der Waals surface area contributed by atoms with Crippen molar-refractivity contribution in [3.05, 3.63) is 70.8 Å². The minimum absolute atomic E-state index is 0.103. The lowest BCUT2D eigenvalue weighted by Gasteiger charge is -2.37. The van der Waals surface area contributed by atoms with E-state index in [4.69, 9.17) is 23.1 Å². The summed E-state index contributed by atoms with van der Waals surface area (Å²) < 4.78 is 81.6. The molecule has 0 fully saturated rings. The SMILES string of the molecule is CCCCCCCCCCCCCCCCCCOC[C@@H](O)CO[Si](C)(C)C(C)(C)C.CCCCCCCCCCCCCCCCCCOC[C@H](CO[Si](C)(C)C(C)(C)C)OCc1ccc(F)c(F)c1.Fc1ccc(CBr)cc1F. The van der Waals surface area contributed by atoms with Gasteiger partial charge < -0.3 is 28.2 Å². The molecule has 13 heteroatoms. The third-order valence-electron chi connectivity index (χ3n) is 16.4. The maximum absolute atomic E-state index is 13.6. The number of aliphatic hydroxyl groups excluding tert-OH is 1. The maximum Gasteiger partial charge on any atom is 0.192 e. The molecule has 2 atom stereocenters. The minimum atomic E-state index is -1.93. The van der Waals surface area contributed by atoms with Crippen molar-refractivity contribution in [1.82, 2.24) is 0 Å². The molecule has 0 saturated carbocycles. The lowest BCUT2D eigenvalue weighted by atomic mass is 10.0. The quantitative estimate of drug-likeness (QED) is 0.0308. The fraction of sp³-hybridized carbons (Fsp3) is 0.824. The van der Waals surface area contributed by atoms with E-state index in [1.165, 1.54) is 211 Å². The monoisotopic (exact) mass is 1250 g/mol. The summed E-state index contributed by atoms with van der Waals surface area (Å²) in [6, 6.07) is 7.71. The number of rotatable bonds is 48. The van der Waals surface area contributed by atoms with Gasteiger partial charge in [0.25, 0.3) is 0 Å². The highest BCUT2D eigenvalue weighted by Crippen LogP contribution is 2.37. The summed E-state index contributed by atoms with van der Waals surface area (Å²) in [4.78, 5) is 0. The Morgan fingerprint density at radius 3 is 1.06 bits per heavy atom. The summed E-state index contributed by atoms with van der Waals surface area (Å²) >= 11 is 3.13. The van der Waals surface area contributed by atoms with Crippen molar-refractivity contribution in [3.63, 3.8) is 0 Å². The predicted molar refractivity (Wildman–Crippen MR) is 347 cm³/mol. The molecular weight excluding hydrogens is 1120 g/mol. The topological polar surface area (TPSA) is 66.4 Å². The fourth-order valence-corrected chi connectivity index (χ4v) is 11.1. The molecule has 2 rings (SSSR count). The normalized spacial score (nSPS) is 13.0. The van der Waals surface area contributed by atoms with Crippen molar-refractivity contribution in [2.45, 2.75) is 321 Å². The highest BCUT2D eigenvalue weighted by Gasteiger charge is 2.38. The molecule has 0 bridgehead atoms. The van der Waals surface area contributed by atoms with Gasteiger partial charge in [-0.3, -0.25) is 0 Å². The maximum atomic E-state index is 13.6. The van der Waals surface area contributed by atoms with Crippen LogP contribution in [0.15, 0.2) is 36.4 Å². The van der Waals surface area contributed by atoms with Crippen LogP contribution < -0.4 is 0 Å². The Morgan fingerprint density at radius 2 is 0.728 bits per heavy atom. The Bertz CT molecular complexity index is 1740. The standard InChI is InChI=1S/C34H62F2O3Si.C27H58O3Si.C7H5BrF2/c1-7-8-9-10-11-12-13-14-15-16-17-18-19-20-21-22-25-37-28-31(29-39-40(5,6)34(2,3)4)38-27-30-23-24-32(35)33(36)26-30;1-7-8-9-10-11-12-13-14-15-16-17-18-19-20-21-22-23-29-24-26(28)25-30-31(5,6)27(2,3)4;8-4-5-1-2-6(9)7(10)3-5/h23-24,26,31H,7-22,25,27-29H2,1-6H3;26,28H,7-25H2,1-6H3;1-3H,4H2/t31-;26-;/m11./s1. The number of ether oxygens (including phenoxy) is 3. The van der Waals surface area contributed by atoms with E-state index >= 15 is 0 Å². The van der Waals surface area contributed by atoms with Crippen molar-refractivity contribution in [2.24, 2.45) is 0 Å². The molecule has 0 aliphatic rings. The van der Waals surface area contributed by atoms with Gasteiger partial charge in [0, 0.05) is 18.5 Å². The zero-order valence-corrected chi connectivity index (χ0v) is 57.9. The zero-order chi connectivity index (χ0) is 60.7. The third-order valence-corrected chi connectivity index (χ3v) is 26.0. The second-order valence-corrected chi connectivity index (χ2v) is 36.3. The van der Waals surface area contributed by atoms with Crippen molar-refractivity contribution in [3.8, 4) is 0 Å². The summed E-state index contributed by atoms with van der Waals surface area (Å²) in [5.41, 5.74) is 1.34. The van der Waals surface area contributed by atoms with Crippen LogP contribution in [-0.2, 0) is 35.0 Å². The van der Waals surface area contributed by atoms with Crippen LogP contribution in [0, 0.1) is 23.3 Å². The van der Waals surface area contributed by atoms with Crippen LogP contribution in [0.3, 0.4) is 0 Å². The fourth-order valence-electron chi connectivity index (χ4n) is 8.64. The van der Waals surface area contributed by atoms with Crippen molar-refractivity contribution in [1.29, 1.82) is 0 Å². The number of hydrogen-bond acceptors (Lipinski definition) is 6. The van der Waals surface area contributed by atoms with Gasteiger partial charge in [0.15, 0.2) is 39.9 Å². The van der Waals surface area contributed by atoms with E-state index in [-0.39, 0.29) is 22.8 Å². The van der Waals surface area contributed by atoms with Crippen LogP contribution in [0.4, 0.5) is 17.6 Å². The molecule has 0 unspecified atom stereocenters. The van der Waals surface area contributed by atoms with Crippen molar-refractivity contribution < 1.29 is 45.7 Å². The van der Waals surface area contributed by atoms with Gasteiger partial charge in [-0.05, 0) is 84.5 Å². The van der Waals surface area contributed by atoms with Crippen LogP contribution in [-0.4, -0.2) is 73.6 Å². The first kappa shape index (κ1) is 79.8. The van der Waals surface area contributed by atoms with E-state index in [0.29, 0.717) is 43.9 Å². The van der Waals surface area contributed by atoms with E-state index < -0.39 is 46.0 Å². The number of halogens is 5. The van der Waals surface area contributed by atoms with Gasteiger partial charge in [-0.25, -0.2) is 17.6 Å². The minimum Gasteiger partial charge on any atom is -0.414 e. The largest absolute Gasteiger partial charge is 0.414 e.